The summed E-state index contributed by atoms with van der Waals surface area (Å²) in [5.74, 6) is -1.70. The highest BCUT2D eigenvalue weighted by atomic mass is 16.4. The van der Waals surface area contributed by atoms with E-state index in [1.807, 2.05) is 31.2 Å². The Kier molecular flexibility index (Phi) is 5.99. The fourth-order valence-corrected chi connectivity index (χ4v) is 3.13. The number of aliphatic carboxylic acids is 1. The maximum atomic E-state index is 12.1. The number of aryl methyl sites for hydroxylation is 1. The summed E-state index contributed by atoms with van der Waals surface area (Å²) in [6, 6.07) is 8.03. The summed E-state index contributed by atoms with van der Waals surface area (Å²) in [4.78, 5) is 23.5. The second-order valence-corrected chi connectivity index (χ2v) is 6.33. The summed E-state index contributed by atoms with van der Waals surface area (Å²) in [5.41, 5.74) is 2.08. The Bertz CT molecular complexity index is 521. The summed E-state index contributed by atoms with van der Waals surface area (Å²) < 4.78 is 0. The molecule has 120 valence electrons. The first-order valence-electron chi connectivity index (χ1n) is 8.12. The van der Waals surface area contributed by atoms with Crippen LogP contribution in [0.3, 0.4) is 0 Å². The van der Waals surface area contributed by atoms with Crippen molar-refractivity contribution in [1.82, 2.24) is 5.32 Å². The van der Waals surface area contributed by atoms with Gasteiger partial charge in [0.15, 0.2) is 0 Å². The van der Waals surface area contributed by atoms with Crippen LogP contribution in [-0.4, -0.2) is 23.0 Å². The van der Waals surface area contributed by atoms with Gasteiger partial charge < -0.3 is 10.4 Å². The summed E-state index contributed by atoms with van der Waals surface area (Å²) >= 11 is 0. The van der Waals surface area contributed by atoms with Gasteiger partial charge in [-0.2, -0.15) is 0 Å². The SMILES string of the molecule is Cc1cccc(CC(CC(=O)NC2CCCCC2)C(=O)O)c1. The van der Waals surface area contributed by atoms with E-state index in [-0.39, 0.29) is 18.4 Å². The number of rotatable bonds is 6. The smallest absolute Gasteiger partial charge is 0.307 e. The van der Waals surface area contributed by atoms with Crippen LogP contribution in [0.15, 0.2) is 24.3 Å². The van der Waals surface area contributed by atoms with Crippen LogP contribution in [-0.2, 0) is 16.0 Å². The highest BCUT2D eigenvalue weighted by Crippen LogP contribution is 2.19. The minimum Gasteiger partial charge on any atom is -0.481 e. The molecule has 0 heterocycles. The van der Waals surface area contributed by atoms with Crippen LogP contribution in [0, 0.1) is 12.8 Å². The predicted molar refractivity (Wildman–Crippen MR) is 85.6 cm³/mol. The molecule has 0 aliphatic heterocycles. The molecular weight excluding hydrogens is 278 g/mol. The third kappa shape index (κ3) is 5.17. The van der Waals surface area contributed by atoms with E-state index >= 15 is 0 Å². The molecule has 4 heteroatoms. The Labute approximate surface area is 131 Å². The lowest BCUT2D eigenvalue weighted by atomic mass is 9.93. The van der Waals surface area contributed by atoms with Gasteiger partial charge in [-0.05, 0) is 31.7 Å². The van der Waals surface area contributed by atoms with Gasteiger partial charge >= 0.3 is 5.97 Å². The zero-order chi connectivity index (χ0) is 15.9. The molecule has 2 N–H and O–H groups in total. The minimum atomic E-state index is -0.902. The molecule has 4 nitrogen and oxygen atoms in total. The molecule has 1 fully saturated rings. The second kappa shape index (κ2) is 7.97. The van der Waals surface area contributed by atoms with Crippen molar-refractivity contribution in [2.24, 2.45) is 5.92 Å². The van der Waals surface area contributed by atoms with E-state index in [1.54, 1.807) is 0 Å². The van der Waals surface area contributed by atoms with E-state index in [4.69, 9.17) is 0 Å². The maximum Gasteiger partial charge on any atom is 0.307 e. The molecule has 1 aromatic carbocycles. The summed E-state index contributed by atoms with van der Waals surface area (Å²) in [6.45, 7) is 1.98. The van der Waals surface area contributed by atoms with E-state index in [0.29, 0.717) is 6.42 Å². The van der Waals surface area contributed by atoms with E-state index < -0.39 is 11.9 Å². The molecule has 1 unspecified atom stereocenters. The monoisotopic (exact) mass is 303 g/mol. The van der Waals surface area contributed by atoms with Crippen LogP contribution < -0.4 is 5.32 Å². The molecule has 1 aliphatic carbocycles. The summed E-state index contributed by atoms with van der Waals surface area (Å²) in [7, 11) is 0. The zero-order valence-corrected chi connectivity index (χ0v) is 13.2. The van der Waals surface area contributed by atoms with Crippen LogP contribution >= 0.6 is 0 Å². The van der Waals surface area contributed by atoms with E-state index in [1.165, 1.54) is 6.42 Å². The third-order valence-electron chi connectivity index (χ3n) is 4.32. The van der Waals surface area contributed by atoms with Crippen LogP contribution in [0.2, 0.25) is 0 Å². The van der Waals surface area contributed by atoms with Crippen molar-refractivity contribution in [3.05, 3.63) is 35.4 Å². The second-order valence-electron chi connectivity index (χ2n) is 6.33. The van der Waals surface area contributed by atoms with E-state index in [0.717, 1.165) is 36.8 Å². The standard InChI is InChI=1S/C18H25NO3/c1-13-6-5-7-14(10-13)11-15(18(21)22)12-17(20)19-16-8-3-2-4-9-16/h5-7,10,15-16H,2-4,8-9,11-12H2,1H3,(H,19,20)(H,21,22). The molecule has 1 saturated carbocycles. The van der Waals surface area contributed by atoms with Gasteiger partial charge in [-0.1, -0.05) is 49.1 Å². The number of amides is 1. The first kappa shape index (κ1) is 16.5. The van der Waals surface area contributed by atoms with Crippen LogP contribution in [0.4, 0.5) is 0 Å². The molecule has 0 radical (unpaired) electrons. The van der Waals surface area contributed by atoms with Crippen LogP contribution in [0.25, 0.3) is 0 Å². The number of benzene rings is 1. The van der Waals surface area contributed by atoms with E-state index in [9.17, 15) is 14.7 Å². The van der Waals surface area contributed by atoms with Crippen molar-refractivity contribution in [2.75, 3.05) is 0 Å². The van der Waals surface area contributed by atoms with Gasteiger partial charge in [0.2, 0.25) is 5.91 Å². The normalized spacial score (nSPS) is 17.0. The topological polar surface area (TPSA) is 66.4 Å². The number of carbonyl (C=O) groups is 2. The predicted octanol–water partition coefficient (Wildman–Crippen LogP) is 3.08. The molecule has 1 aromatic rings. The number of hydrogen-bond donors (Lipinski definition) is 2. The lowest BCUT2D eigenvalue weighted by molar-refractivity contribution is -0.144. The number of carboxylic acids is 1. The molecular formula is C18H25NO3. The van der Waals surface area contributed by atoms with Crippen molar-refractivity contribution in [3.8, 4) is 0 Å². The molecule has 0 saturated heterocycles. The molecule has 0 spiro atoms. The maximum absolute atomic E-state index is 12.1. The first-order valence-corrected chi connectivity index (χ1v) is 8.12. The minimum absolute atomic E-state index is 0.0553. The van der Waals surface area contributed by atoms with E-state index in [2.05, 4.69) is 5.32 Å². The fraction of sp³-hybridized carbons (Fsp3) is 0.556. The lowest BCUT2D eigenvalue weighted by Gasteiger charge is -2.23. The Morgan fingerprint density at radius 3 is 2.64 bits per heavy atom. The number of carbonyl (C=O) groups excluding carboxylic acids is 1. The number of carboxylic acid groups (broad SMARTS) is 1. The Morgan fingerprint density at radius 1 is 1.27 bits per heavy atom. The lowest BCUT2D eigenvalue weighted by Crippen LogP contribution is -2.38. The highest BCUT2D eigenvalue weighted by molar-refractivity contribution is 5.82. The molecule has 1 atom stereocenters. The summed E-state index contributed by atoms with van der Waals surface area (Å²) in [6.07, 6.45) is 6.02. The molecule has 1 aliphatic rings. The zero-order valence-electron chi connectivity index (χ0n) is 13.2. The molecule has 22 heavy (non-hydrogen) atoms. The van der Waals surface area contributed by atoms with Gasteiger partial charge in [0.25, 0.3) is 0 Å². The quantitative estimate of drug-likeness (QED) is 0.848. The Balaban J connectivity index is 1.90. The Hall–Kier alpha value is -1.84. The van der Waals surface area contributed by atoms with Crippen molar-refractivity contribution in [3.63, 3.8) is 0 Å². The first-order chi connectivity index (χ1) is 10.5. The molecule has 0 aromatic heterocycles. The average molecular weight is 303 g/mol. The van der Waals surface area contributed by atoms with Crippen molar-refractivity contribution < 1.29 is 14.7 Å². The van der Waals surface area contributed by atoms with Crippen molar-refractivity contribution in [2.45, 2.75) is 57.9 Å². The number of nitrogens with one attached hydrogen (secondary N) is 1. The van der Waals surface area contributed by atoms with Gasteiger partial charge in [-0.25, -0.2) is 0 Å². The Morgan fingerprint density at radius 2 is 2.00 bits per heavy atom. The van der Waals surface area contributed by atoms with Crippen molar-refractivity contribution >= 4 is 11.9 Å². The van der Waals surface area contributed by atoms with Gasteiger partial charge in [0.05, 0.1) is 5.92 Å². The van der Waals surface area contributed by atoms with Gasteiger partial charge in [-0.3, -0.25) is 9.59 Å². The van der Waals surface area contributed by atoms with Crippen LogP contribution in [0.5, 0.6) is 0 Å². The molecule has 0 bridgehead atoms. The molecule has 2 rings (SSSR count). The van der Waals surface area contributed by atoms with Gasteiger partial charge in [-0.15, -0.1) is 0 Å². The highest BCUT2D eigenvalue weighted by Gasteiger charge is 2.23. The largest absolute Gasteiger partial charge is 0.481 e. The summed E-state index contributed by atoms with van der Waals surface area (Å²) in [5, 5.41) is 12.4. The van der Waals surface area contributed by atoms with Crippen molar-refractivity contribution in [1.29, 1.82) is 0 Å². The average Bonchev–Trinajstić information content (AvgIpc) is 2.47. The van der Waals surface area contributed by atoms with Gasteiger partial charge in [0, 0.05) is 12.5 Å². The fourth-order valence-electron chi connectivity index (χ4n) is 3.13. The van der Waals surface area contributed by atoms with Gasteiger partial charge in [0.1, 0.15) is 0 Å². The number of hydrogen-bond acceptors (Lipinski definition) is 2. The third-order valence-corrected chi connectivity index (χ3v) is 4.32. The van der Waals surface area contributed by atoms with Crippen LogP contribution in [0.1, 0.15) is 49.7 Å². The molecule has 1 amide bonds.